The van der Waals surface area contributed by atoms with Crippen molar-refractivity contribution in [3.8, 4) is 11.3 Å². The second-order valence-corrected chi connectivity index (χ2v) is 6.48. The van der Waals surface area contributed by atoms with E-state index < -0.39 is 0 Å². The molecule has 0 saturated heterocycles. The molecule has 0 fully saturated rings. The van der Waals surface area contributed by atoms with Crippen LogP contribution in [0, 0.1) is 6.92 Å². The average Bonchev–Trinajstić information content (AvgIpc) is 3.11. The van der Waals surface area contributed by atoms with Crippen LogP contribution in [0.2, 0.25) is 0 Å². The van der Waals surface area contributed by atoms with Gasteiger partial charge in [-0.1, -0.05) is 30.3 Å². The van der Waals surface area contributed by atoms with Crippen LogP contribution in [0.5, 0.6) is 0 Å². The van der Waals surface area contributed by atoms with Crippen LogP contribution in [0.3, 0.4) is 0 Å². The second kappa shape index (κ2) is 6.20. The molecule has 6 nitrogen and oxygen atoms in total. The smallest absolute Gasteiger partial charge is 0.272 e. The zero-order valence-electron chi connectivity index (χ0n) is 14.5. The molecule has 1 amide bonds. The lowest BCUT2D eigenvalue weighted by Crippen LogP contribution is -2.34. The molecule has 1 aliphatic heterocycles. The number of fused-ring (bicyclic) bond motifs is 1. The first-order valence-corrected chi connectivity index (χ1v) is 8.55. The fraction of sp³-hybridized carbons (Fsp3) is 0.316. The van der Waals surface area contributed by atoms with E-state index in [1.54, 1.807) is 4.68 Å². The molecule has 4 rings (SSSR count). The van der Waals surface area contributed by atoms with Gasteiger partial charge in [0.1, 0.15) is 5.69 Å². The lowest BCUT2D eigenvalue weighted by Gasteiger charge is -2.20. The van der Waals surface area contributed by atoms with E-state index in [0.717, 1.165) is 35.5 Å². The van der Waals surface area contributed by atoms with Crippen LogP contribution in [0.1, 0.15) is 27.4 Å². The largest absolute Gasteiger partial charge is 0.337 e. The van der Waals surface area contributed by atoms with Crippen LogP contribution in [0.15, 0.2) is 36.4 Å². The van der Waals surface area contributed by atoms with Gasteiger partial charge in [0.25, 0.3) is 5.91 Å². The summed E-state index contributed by atoms with van der Waals surface area (Å²) >= 11 is 0. The Hall–Kier alpha value is -2.89. The minimum atomic E-state index is 0.0440. The third-order valence-electron chi connectivity index (χ3n) is 4.77. The Morgan fingerprint density at radius 1 is 1.16 bits per heavy atom. The van der Waals surface area contributed by atoms with Crippen LogP contribution < -0.4 is 0 Å². The summed E-state index contributed by atoms with van der Waals surface area (Å²) in [7, 11) is 1.82. The molecule has 1 aromatic carbocycles. The van der Waals surface area contributed by atoms with E-state index in [9.17, 15) is 4.79 Å². The van der Waals surface area contributed by atoms with Crippen molar-refractivity contribution in [2.24, 2.45) is 7.05 Å². The monoisotopic (exact) mass is 335 g/mol. The van der Waals surface area contributed by atoms with Crippen LogP contribution in [-0.2, 0) is 19.9 Å². The molecule has 6 heteroatoms. The molecule has 2 aromatic heterocycles. The Kier molecular flexibility index (Phi) is 3.87. The summed E-state index contributed by atoms with van der Waals surface area (Å²) in [5.41, 5.74) is 5.98. The van der Waals surface area contributed by atoms with Crippen molar-refractivity contribution in [1.29, 1.82) is 0 Å². The number of aromatic amines is 1. The van der Waals surface area contributed by atoms with Crippen molar-refractivity contribution in [2.75, 3.05) is 13.1 Å². The lowest BCUT2D eigenvalue weighted by molar-refractivity contribution is 0.0751. The van der Waals surface area contributed by atoms with Crippen molar-refractivity contribution >= 4 is 5.91 Å². The van der Waals surface area contributed by atoms with Crippen molar-refractivity contribution in [3.05, 3.63) is 59.0 Å². The highest BCUT2D eigenvalue weighted by atomic mass is 16.2. The number of H-pyrrole nitrogens is 1. The van der Waals surface area contributed by atoms with Gasteiger partial charge in [-0.15, -0.1) is 0 Å². The predicted octanol–water partition coefficient (Wildman–Crippen LogP) is 2.36. The Labute approximate surface area is 146 Å². The van der Waals surface area contributed by atoms with Gasteiger partial charge in [-0.2, -0.15) is 10.2 Å². The summed E-state index contributed by atoms with van der Waals surface area (Å²) in [5.74, 6) is 0.0440. The minimum absolute atomic E-state index is 0.0440. The SMILES string of the molecule is Cc1cc(C(=O)N2CCc3[nH]nc(-c4ccccc4)c3CC2)n(C)n1. The molecule has 0 atom stereocenters. The van der Waals surface area contributed by atoms with Crippen molar-refractivity contribution < 1.29 is 4.79 Å². The number of carbonyl (C=O) groups excluding carboxylic acids is 1. The summed E-state index contributed by atoms with van der Waals surface area (Å²) in [6, 6.07) is 12.0. The highest BCUT2D eigenvalue weighted by molar-refractivity contribution is 5.92. The molecule has 0 unspecified atom stereocenters. The van der Waals surface area contributed by atoms with Gasteiger partial charge < -0.3 is 4.90 Å². The Bertz CT molecular complexity index is 909. The molecular formula is C19H21N5O. The van der Waals surface area contributed by atoms with E-state index in [-0.39, 0.29) is 5.91 Å². The number of aryl methyl sites for hydroxylation is 2. The van der Waals surface area contributed by atoms with Gasteiger partial charge in [-0.3, -0.25) is 14.6 Å². The first kappa shape index (κ1) is 15.6. The fourth-order valence-corrected chi connectivity index (χ4v) is 3.49. The molecule has 0 aliphatic carbocycles. The predicted molar refractivity (Wildman–Crippen MR) is 95.3 cm³/mol. The number of amides is 1. The summed E-state index contributed by atoms with van der Waals surface area (Å²) < 4.78 is 1.67. The Morgan fingerprint density at radius 3 is 2.64 bits per heavy atom. The maximum Gasteiger partial charge on any atom is 0.272 e. The van der Waals surface area contributed by atoms with Crippen LogP contribution in [0.4, 0.5) is 0 Å². The van der Waals surface area contributed by atoms with Gasteiger partial charge in [0.15, 0.2) is 0 Å². The van der Waals surface area contributed by atoms with E-state index in [2.05, 4.69) is 27.4 Å². The quantitative estimate of drug-likeness (QED) is 0.782. The maximum atomic E-state index is 12.9. The van der Waals surface area contributed by atoms with E-state index in [4.69, 9.17) is 0 Å². The van der Waals surface area contributed by atoms with Crippen LogP contribution in [0.25, 0.3) is 11.3 Å². The average molecular weight is 335 g/mol. The molecule has 25 heavy (non-hydrogen) atoms. The summed E-state index contributed by atoms with van der Waals surface area (Å²) in [6.45, 7) is 3.28. The van der Waals surface area contributed by atoms with Crippen LogP contribution in [-0.4, -0.2) is 43.9 Å². The first-order valence-electron chi connectivity index (χ1n) is 8.55. The third-order valence-corrected chi connectivity index (χ3v) is 4.77. The molecule has 0 saturated carbocycles. The fourth-order valence-electron chi connectivity index (χ4n) is 3.49. The highest BCUT2D eigenvalue weighted by Crippen LogP contribution is 2.26. The Balaban J connectivity index is 1.58. The number of rotatable bonds is 2. The van der Waals surface area contributed by atoms with Gasteiger partial charge in [-0.25, -0.2) is 0 Å². The van der Waals surface area contributed by atoms with E-state index in [0.29, 0.717) is 18.8 Å². The number of carbonyl (C=O) groups is 1. The van der Waals surface area contributed by atoms with E-state index in [1.165, 1.54) is 5.56 Å². The maximum absolute atomic E-state index is 12.9. The molecule has 1 aliphatic rings. The molecule has 0 bridgehead atoms. The lowest BCUT2D eigenvalue weighted by atomic mass is 10.0. The molecule has 3 aromatic rings. The third kappa shape index (κ3) is 2.84. The molecule has 128 valence electrons. The molecule has 0 radical (unpaired) electrons. The zero-order valence-corrected chi connectivity index (χ0v) is 14.5. The highest BCUT2D eigenvalue weighted by Gasteiger charge is 2.25. The summed E-state index contributed by atoms with van der Waals surface area (Å²) in [6.07, 6.45) is 1.59. The van der Waals surface area contributed by atoms with Crippen molar-refractivity contribution in [2.45, 2.75) is 19.8 Å². The van der Waals surface area contributed by atoms with Crippen molar-refractivity contribution in [1.82, 2.24) is 24.9 Å². The number of benzene rings is 1. The molecule has 0 spiro atoms. The Morgan fingerprint density at radius 2 is 1.92 bits per heavy atom. The molecule has 1 N–H and O–H groups in total. The number of hydrogen-bond donors (Lipinski definition) is 1. The second-order valence-electron chi connectivity index (χ2n) is 6.48. The minimum Gasteiger partial charge on any atom is -0.337 e. The first-order chi connectivity index (χ1) is 12.1. The summed E-state index contributed by atoms with van der Waals surface area (Å²) in [4.78, 5) is 14.8. The number of aromatic nitrogens is 4. The normalized spacial score (nSPS) is 14.2. The molecular weight excluding hydrogens is 314 g/mol. The zero-order chi connectivity index (χ0) is 17.4. The standard InChI is InChI=1S/C19H21N5O/c1-13-12-17(23(2)22-13)19(25)24-10-8-15-16(9-11-24)20-21-18(15)14-6-4-3-5-7-14/h3-7,12H,8-11H2,1-2H3,(H,20,21). The number of nitrogens with zero attached hydrogens (tertiary/aromatic N) is 4. The summed E-state index contributed by atoms with van der Waals surface area (Å²) in [5, 5.41) is 12.0. The number of nitrogens with one attached hydrogen (secondary N) is 1. The molecule has 3 heterocycles. The van der Waals surface area contributed by atoms with Gasteiger partial charge in [-0.05, 0) is 19.4 Å². The van der Waals surface area contributed by atoms with Crippen LogP contribution >= 0.6 is 0 Å². The topological polar surface area (TPSA) is 66.8 Å². The van der Waals surface area contributed by atoms with Gasteiger partial charge in [0, 0.05) is 43.4 Å². The number of hydrogen-bond acceptors (Lipinski definition) is 3. The van der Waals surface area contributed by atoms with E-state index >= 15 is 0 Å². The van der Waals surface area contributed by atoms with Gasteiger partial charge in [0.05, 0.1) is 11.4 Å². The van der Waals surface area contributed by atoms with Gasteiger partial charge in [0.2, 0.25) is 0 Å². The van der Waals surface area contributed by atoms with Crippen molar-refractivity contribution in [3.63, 3.8) is 0 Å². The van der Waals surface area contributed by atoms with Gasteiger partial charge >= 0.3 is 0 Å². The van der Waals surface area contributed by atoms with E-state index in [1.807, 2.05) is 43.1 Å².